The van der Waals surface area contributed by atoms with Gasteiger partial charge in [0, 0.05) is 13.1 Å². The van der Waals surface area contributed by atoms with E-state index in [9.17, 15) is 4.79 Å². The van der Waals surface area contributed by atoms with Crippen molar-refractivity contribution in [3.8, 4) is 5.75 Å². The van der Waals surface area contributed by atoms with E-state index in [2.05, 4.69) is 11.9 Å². The molecule has 0 aliphatic heterocycles. The zero-order valence-electron chi connectivity index (χ0n) is 12.8. The van der Waals surface area contributed by atoms with Crippen molar-refractivity contribution < 1.29 is 14.6 Å². The van der Waals surface area contributed by atoms with E-state index in [4.69, 9.17) is 9.84 Å². The molecule has 0 spiro atoms. The summed E-state index contributed by atoms with van der Waals surface area (Å²) in [6.45, 7) is 2.92. The van der Waals surface area contributed by atoms with Gasteiger partial charge >= 0.3 is 5.97 Å². The second-order valence-corrected chi connectivity index (χ2v) is 5.94. The monoisotopic (exact) mass is 291 g/mol. The third kappa shape index (κ3) is 5.38. The maximum absolute atomic E-state index is 10.7. The quantitative estimate of drug-likeness (QED) is 0.747. The van der Waals surface area contributed by atoms with Crippen molar-refractivity contribution >= 4 is 5.97 Å². The van der Waals surface area contributed by atoms with Crippen molar-refractivity contribution in [1.29, 1.82) is 0 Å². The largest absolute Gasteiger partial charge is 0.494 e. The molecule has 1 aromatic carbocycles. The molecular weight excluding hydrogens is 266 g/mol. The predicted molar refractivity (Wildman–Crippen MR) is 83.0 cm³/mol. The zero-order chi connectivity index (χ0) is 15.1. The number of aromatic carboxylic acids is 1. The van der Waals surface area contributed by atoms with Gasteiger partial charge < -0.3 is 14.7 Å². The van der Waals surface area contributed by atoms with Gasteiger partial charge in [-0.2, -0.15) is 0 Å². The Morgan fingerprint density at radius 3 is 2.57 bits per heavy atom. The highest BCUT2D eigenvalue weighted by Crippen LogP contribution is 2.25. The van der Waals surface area contributed by atoms with E-state index >= 15 is 0 Å². The summed E-state index contributed by atoms with van der Waals surface area (Å²) in [5.74, 6) is 0.716. The molecule has 1 N–H and O–H groups in total. The fraction of sp³-hybridized carbons (Fsp3) is 0.588. The van der Waals surface area contributed by atoms with Gasteiger partial charge in [-0.15, -0.1) is 0 Å². The second kappa shape index (κ2) is 8.03. The number of hydrogen-bond acceptors (Lipinski definition) is 3. The standard InChI is InChI=1S/C17H25NO3/c1-18(13-14-5-2-3-6-14)11-4-12-21-16-9-7-15(8-10-16)17(19)20/h7-10,14H,2-6,11-13H2,1H3,(H,19,20). The number of carbonyl (C=O) groups is 1. The number of carboxylic acids is 1. The maximum Gasteiger partial charge on any atom is 0.335 e. The number of ether oxygens (including phenoxy) is 1. The molecule has 0 bridgehead atoms. The lowest BCUT2D eigenvalue weighted by molar-refractivity contribution is 0.0697. The van der Waals surface area contributed by atoms with Gasteiger partial charge in [0.1, 0.15) is 5.75 Å². The number of nitrogens with zero attached hydrogens (tertiary/aromatic N) is 1. The molecule has 0 unspecified atom stereocenters. The average Bonchev–Trinajstić information content (AvgIpc) is 2.97. The third-order valence-corrected chi connectivity index (χ3v) is 4.10. The molecule has 4 nitrogen and oxygen atoms in total. The molecule has 1 saturated carbocycles. The van der Waals surface area contributed by atoms with Crippen LogP contribution in [0.2, 0.25) is 0 Å². The van der Waals surface area contributed by atoms with E-state index in [0.29, 0.717) is 12.2 Å². The first kappa shape index (κ1) is 15.8. The Morgan fingerprint density at radius 2 is 1.95 bits per heavy atom. The molecule has 116 valence electrons. The van der Waals surface area contributed by atoms with Crippen LogP contribution < -0.4 is 4.74 Å². The number of hydrogen-bond donors (Lipinski definition) is 1. The highest BCUT2D eigenvalue weighted by molar-refractivity contribution is 5.87. The van der Waals surface area contributed by atoms with Crippen LogP contribution in [0.25, 0.3) is 0 Å². The molecule has 0 heterocycles. The third-order valence-electron chi connectivity index (χ3n) is 4.10. The topological polar surface area (TPSA) is 49.8 Å². The maximum atomic E-state index is 10.7. The first-order valence-corrected chi connectivity index (χ1v) is 7.80. The van der Waals surface area contributed by atoms with Crippen molar-refractivity contribution in [2.75, 3.05) is 26.7 Å². The van der Waals surface area contributed by atoms with E-state index in [1.807, 2.05) is 0 Å². The van der Waals surface area contributed by atoms with Crippen LogP contribution in [-0.2, 0) is 0 Å². The van der Waals surface area contributed by atoms with Gasteiger partial charge in [-0.25, -0.2) is 4.79 Å². The van der Waals surface area contributed by atoms with E-state index in [0.717, 1.165) is 24.6 Å². The van der Waals surface area contributed by atoms with Crippen LogP contribution >= 0.6 is 0 Å². The van der Waals surface area contributed by atoms with E-state index < -0.39 is 5.97 Å². The van der Waals surface area contributed by atoms with Crippen LogP contribution in [0.4, 0.5) is 0 Å². The summed E-state index contributed by atoms with van der Waals surface area (Å²) >= 11 is 0. The summed E-state index contributed by atoms with van der Waals surface area (Å²) in [6, 6.07) is 6.57. The van der Waals surface area contributed by atoms with Gasteiger partial charge in [0.05, 0.1) is 12.2 Å². The van der Waals surface area contributed by atoms with Crippen molar-refractivity contribution in [3.05, 3.63) is 29.8 Å². The fourth-order valence-electron chi connectivity index (χ4n) is 2.94. The first-order valence-electron chi connectivity index (χ1n) is 7.80. The van der Waals surface area contributed by atoms with Crippen molar-refractivity contribution in [1.82, 2.24) is 4.90 Å². The van der Waals surface area contributed by atoms with Gasteiger partial charge in [-0.05, 0) is 56.5 Å². The molecule has 1 aromatic rings. The number of carboxylic acid groups (broad SMARTS) is 1. The molecule has 1 aliphatic rings. The molecule has 0 saturated heterocycles. The van der Waals surface area contributed by atoms with Crippen molar-refractivity contribution in [2.45, 2.75) is 32.1 Å². The molecular formula is C17H25NO3. The lowest BCUT2D eigenvalue weighted by Crippen LogP contribution is -2.26. The van der Waals surface area contributed by atoms with E-state index in [1.165, 1.54) is 32.2 Å². The highest BCUT2D eigenvalue weighted by atomic mass is 16.5. The molecule has 1 fully saturated rings. The molecule has 0 amide bonds. The summed E-state index contributed by atoms with van der Waals surface area (Å²) in [5.41, 5.74) is 0.290. The molecule has 0 aromatic heterocycles. The Kier molecular flexibility index (Phi) is 6.05. The van der Waals surface area contributed by atoms with E-state index in [1.54, 1.807) is 24.3 Å². The normalized spacial score (nSPS) is 15.5. The molecule has 0 radical (unpaired) electrons. The van der Waals surface area contributed by atoms with Crippen LogP contribution in [0.3, 0.4) is 0 Å². The Balaban J connectivity index is 1.61. The predicted octanol–water partition coefficient (Wildman–Crippen LogP) is 3.28. The SMILES string of the molecule is CN(CCCOc1ccc(C(=O)O)cc1)CC1CCCC1. The molecule has 4 heteroatoms. The number of rotatable bonds is 8. The molecule has 1 aliphatic carbocycles. The van der Waals surface area contributed by atoms with Crippen LogP contribution in [0.1, 0.15) is 42.5 Å². The van der Waals surface area contributed by atoms with Crippen LogP contribution in [0.15, 0.2) is 24.3 Å². The summed E-state index contributed by atoms with van der Waals surface area (Å²) in [6.07, 6.45) is 6.55. The van der Waals surface area contributed by atoms with Crippen LogP contribution in [-0.4, -0.2) is 42.7 Å². The van der Waals surface area contributed by atoms with Gasteiger partial charge in [0.25, 0.3) is 0 Å². The summed E-state index contributed by atoms with van der Waals surface area (Å²) in [7, 11) is 2.18. The fourth-order valence-corrected chi connectivity index (χ4v) is 2.94. The van der Waals surface area contributed by atoms with Crippen molar-refractivity contribution in [2.24, 2.45) is 5.92 Å². The lowest BCUT2D eigenvalue weighted by atomic mass is 10.1. The van der Waals surface area contributed by atoms with Gasteiger partial charge in [0.2, 0.25) is 0 Å². The summed E-state index contributed by atoms with van der Waals surface area (Å²) < 4.78 is 5.64. The first-order chi connectivity index (χ1) is 10.1. The Bertz CT molecular complexity index is 438. The van der Waals surface area contributed by atoms with Gasteiger partial charge in [-0.1, -0.05) is 12.8 Å². The highest BCUT2D eigenvalue weighted by Gasteiger charge is 2.16. The smallest absolute Gasteiger partial charge is 0.335 e. The summed E-state index contributed by atoms with van der Waals surface area (Å²) in [5, 5.41) is 8.82. The second-order valence-electron chi connectivity index (χ2n) is 5.94. The molecule has 0 atom stereocenters. The van der Waals surface area contributed by atoms with Crippen molar-refractivity contribution in [3.63, 3.8) is 0 Å². The number of benzene rings is 1. The van der Waals surface area contributed by atoms with E-state index in [-0.39, 0.29) is 0 Å². The van der Waals surface area contributed by atoms with Crippen LogP contribution in [0, 0.1) is 5.92 Å². The Hall–Kier alpha value is -1.55. The van der Waals surface area contributed by atoms with Gasteiger partial charge in [-0.3, -0.25) is 0 Å². The van der Waals surface area contributed by atoms with Crippen LogP contribution in [0.5, 0.6) is 5.75 Å². The zero-order valence-corrected chi connectivity index (χ0v) is 12.8. The van der Waals surface area contributed by atoms with Gasteiger partial charge in [0.15, 0.2) is 0 Å². The minimum atomic E-state index is -0.907. The Labute approximate surface area is 126 Å². The minimum Gasteiger partial charge on any atom is -0.494 e. The molecule has 2 rings (SSSR count). The minimum absolute atomic E-state index is 0.290. The Morgan fingerprint density at radius 1 is 1.29 bits per heavy atom. The average molecular weight is 291 g/mol. The lowest BCUT2D eigenvalue weighted by Gasteiger charge is -2.20. The summed E-state index contributed by atoms with van der Waals surface area (Å²) in [4.78, 5) is 13.1. The molecule has 21 heavy (non-hydrogen) atoms.